The molecule has 1 N–H and O–H groups in total. The maximum absolute atomic E-state index is 12.5. The molecule has 0 bridgehead atoms. The molecule has 132 valence electrons. The molecule has 2 unspecified atom stereocenters. The van der Waals surface area contributed by atoms with Crippen molar-refractivity contribution in [1.29, 1.82) is 0 Å². The molecular weight excluding hydrogens is 322 g/mol. The Morgan fingerprint density at radius 1 is 1.46 bits per heavy atom. The van der Waals surface area contributed by atoms with Gasteiger partial charge in [-0.1, -0.05) is 13.3 Å². The van der Waals surface area contributed by atoms with Crippen LogP contribution in [0, 0.1) is 12.8 Å². The molecule has 5 nitrogen and oxygen atoms in total. The smallest absolute Gasteiger partial charge is 0.246 e. The molecule has 6 heteroatoms. The van der Waals surface area contributed by atoms with E-state index >= 15 is 0 Å². The highest BCUT2D eigenvalue weighted by atomic mass is 32.1. The lowest BCUT2D eigenvalue weighted by Crippen LogP contribution is -2.49. The van der Waals surface area contributed by atoms with Gasteiger partial charge < -0.3 is 10.2 Å². The zero-order valence-electron chi connectivity index (χ0n) is 14.7. The molecule has 0 aliphatic carbocycles. The summed E-state index contributed by atoms with van der Waals surface area (Å²) in [6.45, 7) is 7.31. The summed E-state index contributed by atoms with van der Waals surface area (Å²) in [7, 11) is 0. The number of carbonyl (C=O) groups is 2. The number of aromatic nitrogens is 1. The van der Waals surface area contributed by atoms with Crippen molar-refractivity contribution in [2.45, 2.75) is 52.5 Å². The minimum Gasteiger partial charge on any atom is -0.356 e. The van der Waals surface area contributed by atoms with Crippen LogP contribution in [0.3, 0.4) is 0 Å². The molecule has 2 atom stereocenters. The zero-order chi connectivity index (χ0) is 17.5. The summed E-state index contributed by atoms with van der Waals surface area (Å²) in [5.41, 5.74) is 0.810. The van der Waals surface area contributed by atoms with Crippen LogP contribution < -0.4 is 5.32 Å². The van der Waals surface area contributed by atoms with Crippen LogP contribution in [0.15, 0.2) is 11.5 Å². The first-order chi connectivity index (χ1) is 11.5. The standard InChI is InChI=1S/C18H27N3O2S/c1-4-5-10-19-18(23)15-7-6-13(2)21(11-15)17(22)9-8-16-12-24-14(3)20-16/h8-9,12-13,15H,4-7,10-11H2,1-3H3,(H,19,23). The van der Waals surface area contributed by atoms with Crippen molar-refractivity contribution >= 4 is 29.2 Å². The minimum absolute atomic E-state index is 0.0424. The Hall–Kier alpha value is -1.69. The molecule has 24 heavy (non-hydrogen) atoms. The van der Waals surface area contributed by atoms with E-state index in [1.165, 1.54) is 0 Å². The van der Waals surface area contributed by atoms with Crippen LogP contribution in [0.2, 0.25) is 0 Å². The number of carbonyl (C=O) groups excluding carboxylic acids is 2. The van der Waals surface area contributed by atoms with E-state index in [9.17, 15) is 9.59 Å². The third kappa shape index (κ3) is 5.16. The van der Waals surface area contributed by atoms with Gasteiger partial charge in [0.25, 0.3) is 0 Å². The first-order valence-electron chi connectivity index (χ1n) is 8.69. The molecule has 0 aromatic carbocycles. The summed E-state index contributed by atoms with van der Waals surface area (Å²) in [5, 5.41) is 5.90. The highest BCUT2D eigenvalue weighted by Gasteiger charge is 2.31. The number of nitrogens with zero attached hydrogens (tertiary/aromatic N) is 2. The van der Waals surface area contributed by atoms with Crippen molar-refractivity contribution < 1.29 is 9.59 Å². The fourth-order valence-electron chi connectivity index (χ4n) is 2.87. The van der Waals surface area contributed by atoms with Crippen LogP contribution in [0.25, 0.3) is 6.08 Å². The van der Waals surface area contributed by atoms with E-state index in [1.807, 2.05) is 24.1 Å². The fourth-order valence-corrected chi connectivity index (χ4v) is 3.45. The van der Waals surface area contributed by atoms with Crippen LogP contribution in [0.5, 0.6) is 0 Å². The first-order valence-corrected chi connectivity index (χ1v) is 9.57. The molecule has 1 saturated heterocycles. The largest absolute Gasteiger partial charge is 0.356 e. The maximum atomic E-state index is 12.5. The lowest BCUT2D eigenvalue weighted by Gasteiger charge is -2.36. The molecule has 1 aromatic rings. The Labute approximate surface area is 148 Å². The second kappa shape index (κ2) is 8.97. The minimum atomic E-state index is -0.100. The van der Waals surface area contributed by atoms with Gasteiger partial charge in [0, 0.05) is 30.6 Å². The molecule has 2 rings (SSSR count). The second-order valence-corrected chi connectivity index (χ2v) is 7.45. The van der Waals surface area contributed by atoms with E-state index in [2.05, 4.69) is 17.2 Å². The van der Waals surface area contributed by atoms with E-state index < -0.39 is 0 Å². The van der Waals surface area contributed by atoms with Gasteiger partial charge in [-0.2, -0.15) is 0 Å². The number of unbranched alkanes of at least 4 members (excludes halogenated alkanes) is 1. The number of hydrogen-bond acceptors (Lipinski definition) is 4. The topological polar surface area (TPSA) is 62.3 Å². The molecule has 1 aliphatic heterocycles. The number of hydrogen-bond donors (Lipinski definition) is 1. The maximum Gasteiger partial charge on any atom is 0.246 e. The molecule has 2 amide bonds. The Kier molecular flexibility index (Phi) is 6.97. The van der Waals surface area contributed by atoms with Gasteiger partial charge in [0.2, 0.25) is 11.8 Å². The average molecular weight is 350 g/mol. The number of piperidine rings is 1. The number of likely N-dealkylation sites (tertiary alicyclic amines) is 1. The van der Waals surface area contributed by atoms with E-state index in [0.29, 0.717) is 6.54 Å². The monoisotopic (exact) mass is 349 g/mol. The van der Waals surface area contributed by atoms with Gasteiger partial charge in [0.15, 0.2) is 0 Å². The summed E-state index contributed by atoms with van der Waals surface area (Å²) in [5.74, 6) is -0.0663. The normalized spacial score (nSPS) is 21.2. The molecule has 0 spiro atoms. The summed E-state index contributed by atoms with van der Waals surface area (Å²) in [6.07, 6.45) is 7.09. The quantitative estimate of drug-likeness (QED) is 0.634. The van der Waals surface area contributed by atoms with Gasteiger partial charge in [0.1, 0.15) is 0 Å². The average Bonchev–Trinajstić information content (AvgIpc) is 2.98. The highest BCUT2D eigenvalue weighted by Crippen LogP contribution is 2.22. The third-order valence-corrected chi connectivity index (χ3v) is 5.19. The predicted molar refractivity (Wildman–Crippen MR) is 97.7 cm³/mol. The molecule has 1 fully saturated rings. The predicted octanol–water partition coefficient (Wildman–Crippen LogP) is 3.01. The molecule has 2 heterocycles. The Morgan fingerprint density at radius 2 is 2.25 bits per heavy atom. The number of rotatable bonds is 6. The van der Waals surface area contributed by atoms with Gasteiger partial charge in [0.05, 0.1) is 16.6 Å². The van der Waals surface area contributed by atoms with Gasteiger partial charge in [-0.05, 0) is 39.2 Å². The van der Waals surface area contributed by atoms with Crippen molar-refractivity contribution in [3.05, 3.63) is 22.2 Å². The lowest BCUT2D eigenvalue weighted by molar-refractivity contribution is -0.134. The molecule has 0 radical (unpaired) electrons. The summed E-state index contributed by atoms with van der Waals surface area (Å²) < 4.78 is 0. The van der Waals surface area contributed by atoms with Crippen LogP contribution in [0.1, 0.15) is 50.2 Å². The summed E-state index contributed by atoms with van der Waals surface area (Å²) >= 11 is 1.57. The van der Waals surface area contributed by atoms with Crippen molar-refractivity contribution in [2.75, 3.05) is 13.1 Å². The van der Waals surface area contributed by atoms with Crippen molar-refractivity contribution in [2.24, 2.45) is 5.92 Å². The molecular formula is C18H27N3O2S. The van der Waals surface area contributed by atoms with E-state index in [1.54, 1.807) is 23.5 Å². The van der Waals surface area contributed by atoms with Crippen molar-refractivity contribution in [3.63, 3.8) is 0 Å². The third-order valence-electron chi connectivity index (χ3n) is 4.40. The number of thiazole rings is 1. The van der Waals surface area contributed by atoms with E-state index in [-0.39, 0.29) is 23.8 Å². The van der Waals surface area contributed by atoms with Crippen LogP contribution >= 0.6 is 11.3 Å². The lowest BCUT2D eigenvalue weighted by atomic mass is 9.92. The number of nitrogens with one attached hydrogen (secondary N) is 1. The Balaban J connectivity index is 1.93. The van der Waals surface area contributed by atoms with Gasteiger partial charge in [-0.15, -0.1) is 11.3 Å². The van der Waals surface area contributed by atoms with Crippen LogP contribution in [0.4, 0.5) is 0 Å². The SMILES string of the molecule is CCCCNC(=O)C1CCC(C)N(C(=O)C=Cc2csc(C)n2)C1. The van der Waals surface area contributed by atoms with E-state index in [0.717, 1.165) is 42.9 Å². The van der Waals surface area contributed by atoms with Crippen LogP contribution in [-0.4, -0.2) is 40.8 Å². The first kappa shape index (κ1) is 18.6. The second-order valence-electron chi connectivity index (χ2n) is 6.38. The Morgan fingerprint density at radius 3 is 2.92 bits per heavy atom. The van der Waals surface area contributed by atoms with Gasteiger partial charge in [-0.3, -0.25) is 9.59 Å². The summed E-state index contributed by atoms with van der Waals surface area (Å²) in [6, 6.07) is 0.166. The van der Waals surface area contributed by atoms with E-state index in [4.69, 9.17) is 0 Å². The molecule has 0 saturated carbocycles. The van der Waals surface area contributed by atoms with Crippen LogP contribution in [-0.2, 0) is 9.59 Å². The van der Waals surface area contributed by atoms with Gasteiger partial charge >= 0.3 is 0 Å². The van der Waals surface area contributed by atoms with Crippen molar-refractivity contribution in [1.82, 2.24) is 15.2 Å². The highest BCUT2D eigenvalue weighted by molar-refractivity contribution is 7.09. The van der Waals surface area contributed by atoms with Crippen molar-refractivity contribution in [3.8, 4) is 0 Å². The Bertz CT molecular complexity index is 597. The molecule has 1 aromatic heterocycles. The zero-order valence-corrected chi connectivity index (χ0v) is 15.6. The fraction of sp³-hybridized carbons (Fsp3) is 0.611. The van der Waals surface area contributed by atoms with Gasteiger partial charge in [-0.25, -0.2) is 4.98 Å². The number of amides is 2. The summed E-state index contributed by atoms with van der Waals surface area (Å²) in [4.78, 5) is 30.9. The molecule has 1 aliphatic rings. The number of aryl methyl sites for hydroxylation is 1.